The molecular formula is C27H29FN6O. The van der Waals surface area contributed by atoms with Gasteiger partial charge in [-0.25, -0.2) is 14.1 Å². The number of halogens is 1. The first-order valence-electron chi connectivity index (χ1n) is 12.2. The number of anilines is 1. The van der Waals surface area contributed by atoms with E-state index in [1.165, 1.54) is 23.4 Å². The highest BCUT2D eigenvalue weighted by Gasteiger charge is 2.26. The summed E-state index contributed by atoms with van der Waals surface area (Å²) in [7, 11) is 0. The fourth-order valence-electron chi connectivity index (χ4n) is 5.17. The molecule has 0 radical (unpaired) electrons. The summed E-state index contributed by atoms with van der Waals surface area (Å²) in [5.41, 5.74) is 6.44. The molecule has 0 amide bonds. The zero-order chi connectivity index (χ0) is 23.9. The van der Waals surface area contributed by atoms with Gasteiger partial charge in [0.05, 0.1) is 18.0 Å². The number of rotatable bonds is 6. The second-order valence-corrected chi connectivity index (χ2v) is 9.65. The first-order valence-corrected chi connectivity index (χ1v) is 12.2. The Morgan fingerprint density at radius 1 is 1.14 bits per heavy atom. The lowest BCUT2D eigenvalue weighted by molar-refractivity contribution is 0.247. The molecule has 2 aromatic heterocycles. The van der Waals surface area contributed by atoms with E-state index < -0.39 is 0 Å². The molecule has 2 aliphatic rings. The standard InChI is InChI=1S/C27H29FN6O/c1-18(16-35)29-12-19-8-9-32(13-19)24-6-7-25-22(10-24)15-33-14-21(20-2-4-23(28)5-3-20)11-26(33)27-30-17-31-34(25)27/h2-7,10-11,14,17-19,29,35H,8-9,12-13,15-16H2,1H3/t18-,19+/m1/s1. The molecule has 0 aliphatic carbocycles. The Bertz CT molecular complexity index is 1340. The number of aliphatic hydroxyl groups excluding tert-OH is 1. The summed E-state index contributed by atoms with van der Waals surface area (Å²) in [6, 6.07) is 15.4. The van der Waals surface area contributed by atoms with E-state index in [0.29, 0.717) is 12.5 Å². The molecule has 2 atom stereocenters. The molecule has 2 aliphatic heterocycles. The molecule has 1 saturated heterocycles. The molecule has 0 bridgehead atoms. The predicted molar refractivity (Wildman–Crippen MR) is 134 cm³/mol. The van der Waals surface area contributed by atoms with Crippen molar-refractivity contribution >= 4 is 5.69 Å². The monoisotopic (exact) mass is 472 g/mol. The van der Waals surface area contributed by atoms with Gasteiger partial charge < -0.3 is 19.9 Å². The van der Waals surface area contributed by atoms with Crippen molar-refractivity contribution in [2.45, 2.75) is 25.9 Å². The third kappa shape index (κ3) is 4.13. The highest BCUT2D eigenvalue weighted by atomic mass is 19.1. The van der Waals surface area contributed by atoms with Crippen LogP contribution >= 0.6 is 0 Å². The Morgan fingerprint density at radius 3 is 2.83 bits per heavy atom. The van der Waals surface area contributed by atoms with Crippen molar-refractivity contribution in [3.8, 4) is 28.3 Å². The Labute approximate surface area is 203 Å². The number of nitrogens with zero attached hydrogens (tertiary/aromatic N) is 5. The number of aromatic nitrogens is 4. The van der Waals surface area contributed by atoms with Crippen LogP contribution in [0.2, 0.25) is 0 Å². The van der Waals surface area contributed by atoms with Crippen molar-refractivity contribution in [1.29, 1.82) is 0 Å². The molecule has 0 saturated carbocycles. The molecule has 0 unspecified atom stereocenters. The van der Waals surface area contributed by atoms with E-state index in [1.54, 1.807) is 18.5 Å². The van der Waals surface area contributed by atoms with Crippen LogP contribution in [-0.4, -0.2) is 56.7 Å². The third-order valence-corrected chi connectivity index (χ3v) is 7.16. The van der Waals surface area contributed by atoms with Crippen LogP contribution < -0.4 is 10.2 Å². The lowest BCUT2D eigenvalue weighted by Gasteiger charge is -2.21. The van der Waals surface area contributed by atoms with Crippen molar-refractivity contribution in [3.05, 3.63) is 72.4 Å². The summed E-state index contributed by atoms with van der Waals surface area (Å²) in [4.78, 5) is 7.01. The molecule has 2 aromatic carbocycles. The fourth-order valence-corrected chi connectivity index (χ4v) is 5.17. The quantitative estimate of drug-likeness (QED) is 0.394. The van der Waals surface area contributed by atoms with Gasteiger partial charge in [-0.1, -0.05) is 12.1 Å². The summed E-state index contributed by atoms with van der Waals surface area (Å²) in [6.07, 6.45) is 4.85. The maximum absolute atomic E-state index is 13.4. The Balaban J connectivity index is 1.30. The van der Waals surface area contributed by atoms with Crippen LogP contribution in [0.15, 0.2) is 61.1 Å². The van der Waals surface area contributed by atoms with Crippen molar-refractivity contribution in [2.75, 3.05) is 31.1 Å². The van der Waals surface area contributed by atoms with E-state index in [9.17, 15) is 9.50 Å². The smallest absolute Gasteiger partial charge is 0.179 e. The van der Waals surface area contributed by atoms with Crippen LogP contribution in [0.5, 0.6) is 0 Å². The van der Waals surface area contributed by atoms with E-state index in [-0.39, 0.29) is 18.5 Å². The van der Waals surface area contributed by atoms with Crippen molar-refractivity contribution in [1.82, 2.24) is 24.6 Å². The minimum absolute atomic E-state index is 0.129. The molecule has 1 fully saturated rings. The molecule has 180 valence electrons. The van der Waals surface area contributed by atoms with Crippen LogP contribution in [0, 0.1) is 11.7 Å². The first-order chi connectivity index (χ1) is 17.1. The van der Waals surface area contributed by atoms with Gasteiger partial charge in [-0.15, -0.1) is 0 Å². The molecule has 35 heavy (non-hydrogen) atoms. The van der Waals surface area contributed by atoms with Crippen molar-refractivity contribution in [2.24, 2.45) is 5.92 Å². The Hall–Kier alpha value is -3.49. The van der Waals surface area contributed by atoms with E-state index in [2.05, 4.69) is 55.3 Å². The van der Waals surface area contributed by atoms with Gasteiger partial charge in [0.1, 0.15) is 12.1 Å². The molecule has 2 N–H and O–H groups in total. The average molecular weight is 473 g/mol. The normalized spacial score (nSPS) is 17.6. The van der Waals surface area contributed by atoms with Gasteiger partial charge in [0.15, 0.2) is 5.82 Å². The van der Waals surface area contributed by atoms with Crippen LogP contribution in [0.3, 0.4) is 0 Å². The van der Waals surface area contributed by atoms with Crippen molar-refractivity contribution in [3.63, 3.8) is 0 Å². The van der Waals surface area contributed by atoms with Crippen LogP contribution in [-0.2, 0) is 6.54 Å². The number of aliphatic hydroxyl groups is 1. The molecule has 0 spiro atoms. The first kappa shape index (κ1) is 22.0. The average Bonchev–Trinajstić information content (AvgIpc) is 3.62. The highest BCUT2D eigenvalue weighted by molar-refractivity contribution is 5.71. The summed E-state index contributed by atoms with van der Waals surface area (Å²) in [5.74, 6) is 1.13. The lowest BCUT2D eigenvalue weighted by Crippen LogP contribution is -2.34. The third-order valence-electron chi connectivity index (χ3n) is 7.16. The van der Waals surface area contributed by atoms with E-state index in [0.717, 1.165) is 54.4 Å². The molecular weight excluding hydrogens is 443 g/mol. The molecule has 6 rings (SSSR count). The summed E-state index contributed by atoms with van der Waals surface area (Å²) in [5, 5.41) is 17.2. The van der Waals surface area contributed by atoms with Crippen LogP contribution in [0.4, 0.5) is 10.1 Å². The minimum atomic E-state index is -0.237. The zero-order valence-corrected chi connectivity index (χ0v) is 19.7. The molecule has 4 aromatic rings. The molecule has 4 heterocycles. The summed E-state index contributed by atoms with van der Waals surface area (Å²) in [6.45, 7) is 5.82. The van der Waals surface area contributed by atoms with Gasteiger partial charge >= 0.3 is 0 Å². The maximum atomic E-state index is 13.4. The van der Waals surface area contributed by atoms with Gasteiger partial charge in [-0.05, 0) is 66.8 Å². The zero-order valence-electron chi connectivity index (χ0n) is 19.7. The lowest BCUT2D eigenvalue weighted by atomic mass is 10.1. The number of nitrogens with one attached hydrogen (secondary N) is 1. The van der Waals surface area contributed by atoms with Gasteiger partial charge in [0.2, 0.25) is 0 Å². The van der Waals surface area contributed by atoms with Crippen LogP contribution in [0.1, 0.15) is 18.9 Å². The summed E-state index contributed by atoms with van der Waals surface area (Å²) >= 11 is 0. The SMILES string of the molecule is C[C@H](CO)NC[C@@H]1CCN(c2ccc3c(c2)Cn2cc(-c4ccc(F)cc4)cc2-c2ncnn2-3)C1. The number of hydrogen-bond acceptors (Lipinski definition) is 5. The van der Waals surface area contributed by atoms with Gasteiger partial charge in [0.25, 0.3) is 0 Å². The van der Waals surface area contributed by atoms with E-state index in [1.807, 2.05) is 11.6 Å². The Morgan fingerprint density at radius 2 is 2.00 bits per heavy atom. The second-order valence-electron chi connectivity index (χ2n) is 9.65. The van der Waals surface area contributed by atoms with Gasteiger partial charge in [-0.2, -0.15) is 5.10 Å². The van der Waals surface area contributed by atoms with Gasteiger partial charge in [0, 0.05) is 49.7 Å². The van der Waals surface area contributed by atoms with E-state index >= 15 is 0 Å². The largest absolute Gasteiger partial charge is 0.395 e. The number of hydrogen-bond donors (Lipinski definition) is 2. The van der Waals surface area contributed by atoms with Gasteiger partial charge in [-0.3, -0.25) is 0 Å². The second kappa shape index (κ2) is 8.94. The minimum Gasteiger partial charge on any atom is -0.395 e. The van der Waals surface area contributed by atoms with E-state index in [4.69, 9.17) is 0 Å². The topological polar surface area (TPSA) is 71.1 Å². The van der Waals surface area contributed by atoms with Crippen molar-refractivity contribution < 1.29 is 9.50 Å². The summed E-state index contributed by atoms with van der Waals surface area (Å²) < 4.78 is 17.6. The molecule has 8 heteroatoms. The predicted octanol–water partition coefficient (Wildman–Crippen LogP) is 3.70. The highest BCUT2D eigenvalue weighted by Crippen LogP contribution is 2.35. The fraction of sp³-hybridized carbons (Fsp3) is 0.333. The maximum Gasteiger partial charge on any atom is 0.179 e. The van der Waals surface area contributed by atoms with Crippen LogP contribution in [0.25, 0.3) is 28.3 Å². The molecule has 7 nitrogen and oxygen atoms in total. The number of benzene rings is 2. The Kier molecular flexibility index (Phi) is 5.62. The number of fused-ring (bicyclic) bond motifs is 5.